The predicted molar refractivity (Wildman–Crippen MR) is 171 cm³/mol. The highest BCUT2D eigenvalue weighted by molar-refractivity contribution is 6.70. The Bertz CT molecular complexity index is 894. The summed E-state index contributed by atoms with van der Waals surface area (Å²) in [6.07, 6.45) is 11.0. The quantitative estimate of drug-likeness (QED) is 0.152. The summed E-state index contributed by atoms with van der Waals surface area (Å²) in [5.74, 6) is 3.32. The highest BCUT2D eigenvalue weighted by atomic mass is 28.4. The zero-order valence-corrected chi connectivity index (χ0v) is 30.5. The van der Waals surface area contributed by atoms with Crippen LogP contribution in [0.1, 0.15) is 65.2 Å². The van der Waals surface area contributed by atoms with Gasteiger partial charge in [-0.3, -0.25) is 0 Å². The molecular formula is C31H61NO4Si3. The second-order valence-electron chi connectivity index (χ2n) is 17.0. The third-order valence-electron chi connectivity index (χ3n) is 10.8. The smallest absolute Gasteiger partial charge is 0.184 e. The van der Waals surface area contributed by atoms with E-state index in [1.165, 1.54) is 44.9 Å². The van der Waals surface area contributed by atoms with E-state index in [2.05, 4.69) is 77.9 Å². The highest BCUT2D eigenvalue weighted by Gasteiger charge is 2.64. The van der Waals surface area contributed by atoms with Crippen LogP contribution in [0.15, 0.2) is 5.16 Å². The average molecular weight is 596 g/mol. The summed E-state index contributed by atoms with van der Waals surface area (Å²) in [6.45, 7) is 26.9. The maximum Gasteiger partial charge on any atom is 0.184 e. The van der Waals surface area contributed by atoms with Crippen LogP contribution in [0.4, 0.5) is 0 Å². The normalized spacial score (nSPS) is 41.5. The van der Waals surface area contributed by atoms with Crippen molar-refractivity contribution in [2.24, 2.45) is 45.6 Å². The van der Waals surface area contributed by atoms with Crippen molar-refractivity contribution in [3.63, 3.8) is 0 Å². The molecule has 4 saturated carbocycles. The van der Waals surface area contributed by atoms with Crippen LogP contribution in [0.3, 0.4) is 0 Å². The summed E-state index contributed by atoms with van der Waals surface area (Å²) in [7, 11) is -3.21. The van der Waals surface area contributed by atoms with Crippen molar-refractivity contribution in [3.05, 3.63) is 0 Å². The number of nitrogens with zero attached hydrogens (tertiary/aromatic N) is 1. The van der Waals surface area contributed by atoms with E-state index in [1.807, 2.05) is 0 Å². The molecule has 4 rings (SSSR count). The zero-order chi connectivity index (χ0) is 29.0. The van der Waals surface area contributed by atoms with Gasteiger partial charge in [-0.25, -0.2) is 0 Å². The van der Waals surface area contributed by atoms with Crippen LogP contribution in [0, 0.1) is 40.4 Å². The van der Waals surface area contributed by atoms with Gasteiger partial charge in [0.15, 0.2) is 25.0 Å². The first kappa shape index (κ1) is 31.9. The van der Waals surface area contributed by atoms with E-state index in [0.29, 0.717) is 36.1 Å². The fourth-order valence-electron chi connectivity index (χ4n) is 9.62. The Labute approximate surface area is 243 Å². The highest BCUT2D eigenvalue weighted by Crippen LogP contribution is 2.68. The summed E-state index contributed by atoms with van der Waals surface area (Å²) in [4.78, 5) is 5.44. The number of hydrogen-bond donors (Lipinski definition) is 0. The van der Waals surface area contributed by atoms with Gasteiger partial charge in [-0.15, -0.1) is 0 Å². The largest absolute Gasteiger partial charge is 0.415 e. The molecule has 4 unspecified atom stereocenters. The van der Waals surface area contributed by atoms with Crippen LogP contribution in [-0.4, -0.2) is 56.6 Å². The van der Waals surface area contributed by atoms with Gasteiger partial charge >= 0.3 is 0 Å². The van der Waals surface area contributed by atoms with Gasteiger partial charge in [0.1, 0.15) is 7.11 Å². The Morgan fingerprint density at radius 2 is 1.46 bits per heavy atom. The Hall–Kier alpha value is 0.000649. The average Bonchev–Trinajstić information content (AvgIpc) is 3.10. The molecule has 8 heteroatoms. The van der Waals surface area contributed by atoms with Crippen molar-refractivity contribution in [2.45, 2.75) is 136 Å². The lowest BCUT2D eigenvalue weighted by molar-refractivity contribution is -0.168. The summed E-state index contributed by atoms with van der Waals surface area (Å²) in [6, 6.07) is 0. The van der Waals surface area contributed by atoms with E-state index in [9.17, 15) is 0 Å². The molecule has 39 heavy (non-hydrogen) atoms. The molecule has 0 heterocycles. The molecule has 0 N–H and O–H groups in total. The van der Waals surface area contributed by atoms with Crippen LogP contribution in [-0.2, 0) is 18.1 Å². The van der Waals surface area contributed by atoms with Gasteiger partial charge in [0.2, 0.25) is 0 Å². The number of fused-ring (bicyclic) bond motifs is 5. The molecular weight excluding hydrogens is 535 g/mol. The summed E-state index contributed by atoms with van der Waals surface area (Å²) in [5, 5.41) is 4.64. The first-order valence-corrected chi connectivity index (χ1v) is 26.2. The second-order valence-corrected chi connectivity index (χ2v) is 30.4. The summed E-state index contributed by atoms with van der Waals surface area (Å²) in [5.41, 5.74) is 1.68. The van der Waals surface area contributed by atoms with Gasteiger partial charge in [-0.05, 0) is 145 Å². The zero-order valence-electron chi connectivity index (χ0n) is 27.5. The molecule has 0 aromatic heterocycles. The van der Waals surface area contributed by atoms with Crippen LogP contribution in [0.25, 0.3) is 0 Å². The fourth-order valence-corrected chi connectivity index (χ4v) is 12.6. The van der Waals surface area contributed by atoms with Crippen molar-refractivity contribution in [2.75, 3.05) is 13.7 Å². The van der Waals surface area contributed by atoms with Crippen molar-refractivity contribution in [3.8, 4) is 0 Å². The van der Waals surface area contributed by atoms with Crippen molar-refractivity contribution in [1.29, 1.82) is 0 Å². The predicted octanol–water partition coefficient (Wildman–Crippen LogP) is 8.55. The number of rotatable bonds is 9. The molecule has 9 atom stereocenters. The third kappa shape index (κ3) is 6.98. The van der Waals surface area contributed by atoms with Crippen molar-refractivity contribution in [1.82, 2.24) is 0 Å². The van der Waals surface area contributed by atoms with Gasteiger partial charge in [0, 0.05) is 18.1 Å². The van der Waals surface area contributed by atoms with E-state index in [1.54, 1.807) is 7.11 Å². The van der Waals surface area contributed by atoms with E-state index in [-0.39, 0.29) is 5.41 Å². The van der Waals surface area contributed by atoms with E-state index in [4.69, 9.17) is 18.1 Å². The Kier molecular flexibility index (Phi) is 9.21. The van der Waals surface area contributed by atoms with Crippen molar-refractivity contribution < 1.29 is 18.1 Å². The van der Waals surface area contributed by atoms with Gasteiger partial charge in [0.25, 0.3) is 0 Å². The molecule has 0 saturated heterocycles. The molecule has 0 amide bonds. The second kappa shape index (κ2) is 11.3. The maximum atomic E-state index is 7.26. The van der Waals surface area contributed by atoms with Crippen LogP contribution in [0.2, 0.25) is 58.9 Å². The fraction of sp³-hybridized carbons (Fsp3) is 0.968. The Balaban J connectivity index is 1.64. The SMILES string of the molecule is CO/N=C(\CO[Si](C)(C)C)[C@H]1CCC2C3CC[C@H]4C[C@H](O[Si](C)(C)C)CC[C@]4(C)C3C(O[Si](C)(C)C)C[C@@]21C. The lowest BCUT2D eigenvalue weighted by Gasteiger charge is -2.64. The number of oxime groups is 1. The van der Waals surface area contributed by atoms with Crippen LogP contribution < -0.4 is 0 Å². The van der Waals surface area contributed by atoms with E-state index >= 15 is 0 Å². The minimum absolute atomic E-state index is 0.187. The molecule has 0 radical (unpaired) electrons. The van der Waals surface area contributed by atoms with Gasteiger partial charge in [-0.1, -0.05) is 19.0 Å². The Morgan fingerprint density at radius 1 is 0.795 bits per heavy atom. The Morgan fingerprint density at radius 3 is 2.05 bits per heavy atom. The molecule has 4 aliphatic rings. The third-order valence-corrected chi connectivity index (χ3v) is 13.9. The molecule has 0 aliphatic heterocycles. The number of hydrogen-bond acceptors (Lipinski definition) is 5. The topological polar surface area (TPSA) is 49.3 Å². The van der Waals surface area contributed by atoms with Crippen LogP contribution >= 0.6 is 0 Å². The van der Waals surface area contributed by atoms with Gasteiger partial charge in [0.05, 0.1) is 12.3 Å². The molecule has 5 nitrogen and oxygen atoms in total. The summed E-state index contributed by atoms with van der Waals surface area (Å²) >= 11 is 0. The summed E-state index contributed by atoms with van der Waals surface area (Å²) < 4.78 is 20.4. The van der Waals surface area contributed by atoms with Gasteiger partial charge in [-0.2, -0.15) is 0 Å². The molecule has 226 valence electrons. The maximum absolute atomic E-state index is 7.26. The van der Waals surface area contributed by atoms with Gasteiger partial charge < -0.3 is 18.1 Å². The lowest BCUT2D eigenvalue weighted by atomic mass is 9.44. The first-order valence-electron chi connectivity index (χ1n) is 16.0. The van der Waals surface area contributed by atoms with E-state index < -0.39 is 25.0 Å². The monoisotopic (exact) mass is 595 g/mol. The van der Waals surface area contributed by atoms with Crippen LogP contribution in [0.5, 0.6) is 0 Å². The van der Waals surface area contributed by atoms with E-state index in [0.717, 1.165) is 29.9 Å². The minimum atomic E-state index is -1.73. The minimum Gasteiger partial charge on any atom is -0.415 e. The molecule has 4 aliphatic carbocycles. The molecule has 0 aromatic rings. The standard InChI is InChI=1S/C31H61NO4Si3/c1-30-18-17-23(35-38(7,8)9)19-22(30)13-14-24-25-15-16-26(27(32-33-3)21-34-37(4,5)6)31(25,2)20-28(29(24)30)36-39(10,11)12/h22-26,28-29H,13-21H2,1-12H3/b32-27+/t22-,23+,24?,25?,26+,28?,29?,30-,31-/m0/s1. The lowest BCUT2D eigenvalue weighted by Crippen LogP contribution is -2.61. The van der Waals surface area contributed by atoms with Crippen molar-refractivity contribution >= 4 is 30.7 Å². The molecule has 4 fully saturated rings. The molecule has 0 bridgehead atoms. The molecule has 0 aromatic carbocycles. The first-order chi connectivity index (χ1) is 17.9. The molecule has 0 spiro atoms.